The summed E-state index contributed by atoms with van der Waals surface area (Å²) in [6.07, 6.45) is 0. The Morgan fingerprint density at radius 2 is 1.72 bits per heavy atom. The summed E-state index contributed by atoms with van der Waals surface area (Å²) in [4.78, 5) is 12.5. The number of ether oxygens (including phenoxy) is 1. The molecule has 0 saturated carbocycles. The fourth-order valence-corrected chi connectivity index (χ4v) is 3.41. The highest BCUT2D eigenvalue weighted by Crippen LogP contribution is 2.18. The summed E-state index contributed by atoms with van der Waals surface area (Å²) >= 11 is 0. The van der Waals surface area contributed by atoms with E-state index in [1.165, 1.54) is 20.2 Å². The van der Waals surface area contributed by atoms with Crippen LogP contribution in [0.1, 0.15) is 21.5 Å². The summed E-state index contributed by atoms with van der Waals surface area (Å²) in [5, 5.41) is 2.76. The number of carbonyl (C=O) groups excluding carboxylic acids is 1. The zero-order chi connectivity index (χ0) is 18.4. The first-order chi connectivity index (χ1) is 11.9. The highest BCUT2D eigenvalue weighted by Gasteiger charge is 2.20. The number of carbonyl (C=O) groups is 1. The van der Waals surface area contributed by atoms with Crippen LogP contribution in [0.25, 0.3) is 0 Å². The molecule has 0 bridgehead atoms. The molecule has 6 nitrogen and oxygen atoms in total. The van der Waals surface area contributed by atoms with E-state index in [-0.39, 0.29) is 17.3 Å². The summed E-state index contributed by atoms with van der Waals surface area (Å²) in [6, 6.07) is 13.7. The third kappa shape index (κ3) is 4.66. The first kappa shape index (κ1) is 19.1. The molecule has 0 unspecified atom stereocenters. The number of amides is 1. The molecule has 2 rings (SSSR count). The van der Waals surface area contributed by atoms with E-state index in [0.29, 0.717) is 17.7 Å². The zero-order valence-corrected chi connectivity index (χ0v) is 15.3. The van der Waals surface area contributed by atoms with Crippen LogP contribution in [0.5, 0.6) is 0 Å². The summed E-state index contributed by atoms with van der Waals surface area (Å²) in [6.45, 7) is 0.611. The average molecular weight is 362 g/mol. The second-order valence-corrected chi connectivity index (χ2v) is 7.83. The number of benzene rings is 2. The molecule has 0 atom stereocenters. The molecule has 7 heteroatoms. The molecule has 2 aromatic rings. The number of rotatable bonds is 7. The normalized spacial score (nSPS) is 11.5. The number of nitrogens with zero attached hydrogens (tertiary/aromatic N) is 1. The van der Waals surface area contributed by atoms with Gasteiger partial charge in [-0.1, -0.05) is 30.3 Å². The summed E-state index contributed by atoms with van der Waals surface area (Å²) < 4.78 is 30.9. The van der Waals surface area contributed by atoms with Crippen LogP contribution in [-0.2, 0) is 27.9 Å². The van der Waals surface area contributed by atoms with E-state index in [0.717, 1.165) is 9.87 Å². The van der Waals surface area contributed by atoms with Crippen molar-refractivity contribution < 1.29 is 17.9 Å². The van der Waals surface area contributed by atoms with Crippen LogP contribution >= 0.6 is 0 Å². The highest BCUT2D eigenvalue weighted by molar-refractivity contribution is 7.89. The van der Waals surface area contributed by atoms with Gasteiger partial charge in [-0.05, 0) is 29.3 Å². The molecule has 134 valence electrons. The number of nitrogens with one attached hydrogen (secondary N) is 1. The second-order valence-electron chi connectivity index (χ2n) is 5.71. The number of sulfonamides is 1. The smallest absolute Gasteiger partial charge is 0.251 e. The Labute approximate surface area is 148 Å². The van der Waals surface area contributed by atoms with Crippen LogP contribution in [0.2, 0.25) is 0 Å². The molecular weight excluding hydrogens is 340 g/mol. The predicted molar refractivity (Wildman–Crippen MR) is 95.6 cm³/mol. The lowest BCUT2D eigenvalue weighted by atomic mass is 10.1. The van der Waals surface area contributed by atoms with Crippen molar-refractivity contribution in [3.63, 3.8) is 0 Å². The summed E-state index contributed by atoms with van der Waals surface area (Å²) in [5.74, 6) is -0.263. The highest BCUT2D eigenvalue weighted by atomic mass is 32.2. The maximum atomic E-state index is 12.4. The monoisotopic (exact) mass is 362 g/mol. The van der Waals surface area contributed by atoms with E-state index in [2.05, 4.69) is 5.32 Å². The van der Waals surface area contributed by atoms with Crippen molar-refractivity contribution in [2.45, 2.75) is 18.0 Å². The SMILES string of the molecule is COCc1ccc(C(=O)NCc2ccccc2S(=O)(=O)N(C)C)cc1. The standard InChI is InChI=1S/C18H22N2O4S/c1-20(2)25(22,23)17-7-5-4-6-16(17)12-19-18(21)15-10-8-14(9-11-15)13-24-3/h4-11H,12-13H2,1-3H3,(H,19,21). The van der Waals surface area contributed by atoms with Crippen molar-refractivity contribution in [2.75, 3.05) is 21.2 Å². The molecule has 0 aromatic heterocycles. The van der Waals surface area contributed by atoms with Gasteiger partial charge in [-0.15, -0.1) is 0 Å². The van der Waals surface area contributed by atoms with Crippen LogP contribution < -0.4 is 5.32 Å². The quantitative estimate of drug-likeness (QED) is 0.818. The Kier molecular flexibility index (Phi) is 6.30. The lowest BCUT2D eigenvalue weighted by Crippen LogP contribution is -2.27. The van der Waals surface area contributed by atoms with Gasteiger partial charge in [-0.2, -0.15) is 0 Å². The van der Waals surface area contributed by atoms with Crippen molar-refractivity contribution >= 4 is 15.9 Å². The van der Waals surface area contributed by atoms with Crippen molar-refractivity contribution in [3.8, 4) is 0 Å². The number of hydrogen-bond donors (Lipinski definition) is 1. The van der Waals surface area contributed by atoms with Gasteiger partial charge in [0.05, 0.1) is 11.5 Å². The van der Waals surface area contributed by atoms with Crippen molar-refractivity contribution in [1.82, 2.24) is 9.62 Å². The minimum atomic E-state index is -3.56. The molecule has 0 saturated heterocycles. The topological polar surface area (TPSA) is 75.7 Å². The van der Waals surface area contributed by atoms with E-state index in [4.69, 9.17) is 4.74 Å². The Morgan fingerprint density at radius 1 is 1.08 bits per heavy atom. The van der Waals surface area contributed by atoms with Crippen molar-refractivity contribution in [2.24, 2.45) is 0 Å². The third-order valence-electron chi connectivity index (χ3n) is 3.70. The van der Waals surface area contributed by atoms with E-state index in [1.807, 2.05) is 12.1 Å². The first-order valence-electron chi connectivity index (χ1n) is 7.72. The molecule has 2 aromatic carbocycles. The van der Waals surface area contributed by atoms with E-state index in [1.54, 1.807) is 37.4 Å². The molecule has 0 aliphatic heterocycles. The maximum absolute atomic E-state index is 12.4. The van der Waals surface area contributed by atoms with Gasteiger partial charge in [0.1, 0.15) is 0 Å². The van der Waals surface area contributed by atoms with Gasteiger partial charge in [0, 0.05) is 33.3 Å². The largest absolute Gasteiger partial charge is 0.380 e. The Balaban J connectivity index is 2.12. The maximum Gasteiger partial charge on any atom is 0.251 e. The number of methoxy groups -OCH3 is 1. The van der Waals surface area contributed by atoms with Gasteiger partial charge in [0.2, 0.25) is 10.0 Å². The van der Waals surface area contributed by atoms with Crippen molar-refractivity contribution in [3.05, 3.63) is 65.2 Å². The minimum absolute atomic E-state index is 0.127. The van der Waals surface area contributed by atoms with Gasteiger partial charge < -0.3 is 10.1 Å². The van der Waals surface area contributed by atoms with Gasteiger partial charge in [-0.3, -0.25) is 4.79 Å². The van der Waals surface area contributed by atoms with Crippen LogP contribution in [0.3, 0.4) is 0 Å². The summed E-state index contributed by atoms with van der Waals surface area (Å²) in [7, 11) is 1.00. The molecule has 0 aliphatic carbocycles. The fourth-order valence-electron chi connectivity index (χ4n) is 2.29. The average Bonchev–Trinajstić information content (AvgIpc) is 2.60. The van der Waals surface area contributed by atoms with Gasteiger partial charge >= 0.3 is 0 Å². The van der Waals surface area contributed by atoms with Crippen LogP contribution in [-0.4, -0.2) is 39.8 Å². The predicted octanol–water partition coefficient (Wildman–Crippen LogP) is 2.01. The van der Waals surface area contributed by atoms with Gasteiger partial charge in [-0.25, -0.2) is 12.7 Å². The molecular formula is C18H22N2O4S. The molecule has 1 amide bonds. The molecule has 0 spiro atoms. The van der Waals surface area contributed by atoms with Crippen LogP contribution in [0.15, 0.2) is 53.4 Å². The number of hydrogen-bond acceptors (Lipinski definition) is 4. The molecule has 0 heterocycles. The third-order valence-corrected chi connectivity index (χ3v) is 5.61. The second kappa shape index (κ2) is 8.24. The van der Waals surface area contributed by atoms with Crippen molar-refractivity contribution in [1.29, 1.82) is 0 Å². The van der Waals surface area contributed by atoms with E-state index in [9.17, 15) is 13.2 Å². The Hall–Kier alpha value is -2.22. The molecule has 1 N–H and O–H groups in total. The van der Waals surface area contributed by atoms with Gasteiger partial charge in [0.25, 0.3) is 5.91 Å². The van der Waals surface area contributed by atoms with Crippen LogP contribution in [0.4, 0.5) is 0 Å². The zero-order valence-electron chi connectivity index (χ0n) is 14.5. The Morgan fingerprint density at radius 3 is 2.32 bits per heavy atom. The van der Waals surface area contributed by atoms with Gasteiger partial charge in [0.15, 0.2) is 0 Å². The molecule has 0 radical (unpaired) electrons. The van der Waals surface area contributed by atoms with E-state index >= 15 is 0 Å². The molecule has 25 heavy (non-hydrogen) atoms. The molecule has 0 fully saturated rings. The van der Waals surface area contributed by atoms with Crippen LogP contribution in [0, 0.1) is 0 Å². The first-order valence-corrected chi connectivity index (χ1v) is 9.16. The lowest BCUT2D eigenvalue weighted by Gasteiger charge is -2.15. The summed E-state index contributed by atoms with van der Waals surface area (Å²) in [5.41, 5.74) is 2.02. The fraction of sp³-hybridized carbons (Fsp3) is 0.278. The Bertz CT molecular complexity index is 830. The minimum Gasteiger partial charge on any atom is -0.380 e. The molecule has 0 aliphatic rings. The lowest BCUT2D eigenvalue weighted by molar-refractivity contribution is 0.0950. The van der Waals surface area contributed by atoms with E-state index < -0.39 is 10.0 Å².